The molecule has 5 nitrogen and oxygen atoms in total. The van der Waals surface area contributed by atoms with Crippen molar-refractivity contribution in [2.75, 3.05) is 13.2 Å². The molecule has 3 rings (SSSR count). The van der Waals surface area contributed by atoms with Gasteiger partial charge in [-0.25, -0.2) is 0 Å². The zero-order valence-electron chi connectivity index (χ0n) is 18.3. The number of hydrogen-bond acceptors (Lipinski definition) is 5. The zero-order valence-corrected chi connectivity index (χ0v) is 18.3. The third kappa shape index (κ3) is 7.86. The molecule has 32 heavy (non-hydrogen) atoms. The first-order valence-electron chi connectivity index (χ1n) is 11.0. The van der Waals surface area contributed by atoms with Crippen molar-refractivity contribution in [1.82, 2.24) is 0 Å². The predicted molar refractivity (Wildman–Crippen MR) is 124 cm³/mol. The van der Waals surface area contributed by atoms with Crippen molar-refractivity contribution in [3.63, 3.8) is 0 Å². The van der Waals surface area contributed by atoms with Crippen LogP contribution in [0.15, 0.2) is 91.0 Å². The molecule has 3 unspecified atom stereocenters. The smallest absolute Gasteiger partial charge is 0.113 e. The second kappa shape index (κ2) is 13.8. The summed E-state index contributed by atoms with van der Waals surface area (Å²) in [4.78, 5) is 0. The van der Waals surface area contributed by atoms with Gasteiger partial charge in [0.15, 0.2) is 0 Å². The van der Waals surface area contributed by atoms with Gasteiger partial charge in [0.1, 0.15) is 12.2 Å². The maximum atomic E-state index is 10.2. The topological polar surface area (TPSA) is 68.2 Å². The van der Waals surface area contributed by atoms with E-state index in [1.807, 2.05) is 91.0 Å². The van der Waals surface area contributed by atoms with Crippen molar-refractivity contribution in [2.45, 2.75) is 44.6 Å². The summed E-state index contributed by atoms with van der Waals surface area (Å²) in [6, 6.07) is 29.5. The monoisotopic (exact) mass is 436 g/mol. The molecule has 0 spiro atoms. The molecule has 170 valence electrons. The lowest BCUT2D eigenvalue weighted by Gasteiger charge is -2.33. The molecule has 0 aliphatic carbocycles. The van der Waals surface area contributed by atoms with Crippen molar-refractivity contribution in [2.24, 2.45) is 0 Å². The maximum absolute atomic E-state index is 10.2. The Bertz CT molecular complexity index is 857. The van der Waals surface area contributed by atoms with Crippen molar-refractivity contribution >= 4 is 0 Å². The average molecular weight is 437 g/mol. The van der Waals surface area contributed by atoms with Crippen LogP contribution in [-0.4, -0.2) is 41.7 Å². The van der Waals surface area contributed by atoms with E-state index in [0.717, 1.165) is 16.7 Å². The summed E-state index contributed by atoms with van der Waals surface area (Å²) >= 11 is 0. The highest BCUT2D eigenvalue weighted by Crippen LogP contribution is 2.20. The summed E-state index contributed by atoms with van der Waals surface area (Å²) in [7, 11) is 0. The molecule has 3 atom stereocenters. The second-order valence-electron chi connectivity index (χ2n) is 7.63. The molecule has 0 saturated carbocycles. The Balaban J connectivity index is 1.73. The van der Waals surface area contributed by atoms with Crippen molar-refractivity contribution in [3.05, 3.63) is 108 Å². The Morgan fingerprint density at radius 2 is 0.938 bits per heavy atom. The van der Waals surface area contributed by atoms with Crippen LogP contribution in [0.4, 0.5) is 0 Å². The van der Waals surface area contributed by atoms with E-state index in [1.165, 1.54) is 0 Å². The van der Waals surface area contributed by atoms with Crippen LogP contribution in [0, 0.1) is 0 Å². The van der Waals surface area contributed by atoms with Crippen molar-refractivity contribution in [1.29, 1.82) is 0 Å². The fourth-order valence-corrected chi connectivity index (χ4v) is 3.50. The first kappa shape index (κ1) is 24.1. The highest BCUT2D eigenvalue weighted by Gasteiger charge is 2.32. The molecule has 0 aromatic heterocycles. The van der Waals surface area contributed by atoms with Gasteiger partial charge >= 0.3 is 0 Å². The number of rotatable bonds is 14. The van der Waals surface area contributed by atoms with Crippen LogP contribution >= 0.6 is 0 Å². The number of aliphatic hydroxyl groups is 2. The van der Waals surface area contributed by atoms with Gasteiger partial charge in [-0.1, -0.05) is 91.0 Å². The molecule has 0 saturated heterocycles. The number of benzene rings is 3. The number of hydrogen-bond donors (Lipinski definition) is 2. The lowest BCUT2D eigenvalue weighted by atomic mass is 10.0. The maximum Gasteiger partial charge on any atom is 0.113 e. The normalized spacial score (nSPS) is 14.1. The Morgan fingerprint density at radius 3 is 1.34 bits per heavy atom. The first-order chi connectivity index (χ1) is 15.8. The van der Waals surface area contributed by atoms with Gasteiger partial charge in [-0.2, -0.15) is 0 Å². The predicted octanol–water partition coefficient (Wildman–Crippen LogP) is 4.12. The molecular weight excluding hydrogens is 404 g/mol. The largest absolute Gasteiger partial charge is 0.396 e. The van der Waals surface area contributed by atoms with E-state index in [1.54, 1.807) is 0 Å². The van der Waals surface area contributed by atoms with Gasteiger partial charge in [-0.05, 0) is 23.1 Å². The van der Waals surface area contributed by atoms with E-state index in [-0.39, 0.29) is 13.2 Å². The van der Waals surface area contributed by atoms with Crippen LogP contribution in [0.5, 0.6) is 0 Å². The summed E-state index contributed by atoms with van der Waals surface area (Å²) in [5.74, 6) is 0. The van der Waals surface area contributed by atoms with Crippen LogP contribution in [0.3, 0.4) is 0 Å². The number of aliphatic hydroxyl groups excluding tert-OH is 2. The van der Waals surface area contributed by atoms with Crippen LogP contribution in [0.2, 0.25) is 0 Å². The van der Waals surface area contributed by atoms with Crippen LogP contribution in [0.1, 0.15) is 23.1 Å². The van der Waals surface area contributed by atoms with Gasteiger partial charge in [-0.3, -0.25) is 0 Å². The molecule has 0 aliphatic heterocycles. The molecule has 3 aromatic carbocycles. The summed E-state index contributed by atoms with van der Waals surface area (Å²) in [6.45, 7) is 0.813. The van der Waals surface area contributed by atoms with Gasteiger partial charge in [-0.15, -0.1) is 0 Å². The minimum Gasteiger partial charge on any atom is -0.396 e. The standard InChI is InChI=1S/C27H32O5/c28-17-16-25(30-19-22-10-4-1-5-11-22)27(32-21-24-14-8-3-9-15-24)26(18-29)31-20-23-12-6-2-7-13-23/h1-15,25-29H,16-21H2. The Morgan fingerprint density at radius 1 is 0.531 bits per heavy atom. The minimum atomic E-state index is -0.605. The van der Waals surface area contributed by atoms with E-state index in [2.05, 4.69) is 0 Å². The third-order valence-corrected chi connectivity index (χ3v) is 5.23. The summed E-state index contributed by atoms with van der Waals surface area (Å²) < 4.78 is 18.5. The van der Waals surface area contributed by atoms with Gasteiger partial charge < -0.3 is 24.4 Å². The molecule has 0 heterocycles. The Hall–Kier alpha value is -2.54. The van der Waals surface area contributed by atoms with Crippen molar-refractivity contribution < 1.29 is 24.4 Å². The minimum absolute atomic E-state index is 0.0541. The van der Waals surface area contributed by atoms with Gasteiger partial charge in [0.2, 0.25) is 0 Å². The Labute approximate surface area is 190 Å². The van der Waals surface area contributed by atoms with E-state index in [4.69, 9.17) is 14.2 Å². The zero-order chi connectivity index (χ0) is 22.4. The van der Waals surface area contributed by atoms with Gasteiger partial charge in [0.05, 0.1) is 32.5 Å². The van der Waals surface area contributed by atoms with Gasteiger partial charge in [0.25, 0.3) is 0 Å². The average Bonchev–Trinajstić information content (AvgIpc) is 2.86. The highest BCUT2D eigenvalue weighted by atomic mass is 16.6. The molecule has 0 amide bonds. The van der Waals surface area contributed by atoms with Crippen LogP contribution in [0.25, 0.3) is 0 Å². The summed E-state index contributed by atoms with van der Waals surface area (Å²) in [5, 5.41) is 19.8. The molecule has 3 aromatic rings. The van der Waals surface area contributed by atoms with Gasteiger partial charge in [0, 0.05) is 6.61 Å². The van der Waals surface area contributed by atoms with Crippen LogP contribution < -0.4 is 0 Å². The lowest BCUT2D eigenvalue weighted by molar-refractivity contribution is -0.164. The first-order valence-corrected chi connectivity index (χ1v) is 11.0. The summed E-state index contributed by atoms with van der Waals surface area (Å²) in [6.07, 6.45) is -1.24. The molecule has 0 aliphatic rings. The Kier molecular flexibility index (Phi) is 10.4. The summed E-state index contributed by atoms with van der Waals surface area (Å²) in [5.41, 5.74) is 3.06. The molecule has 0 fully saturated rings. The van der Waals surface area contributed by atoms with E-state index >= 15 is 0 Å². The van der Waals surface area contributed by atoms with E-state index < -0.39 is 18.3 Å². The van der Waals surface area contributed by atoms with E-state index in [0.29, 0.717) is 26.2 Å². The molecular formula is C27H32O5. The third-order valence-electron chi connectivity index (χ3n) is 5.23. The van der Waals surface area contributed by atoms with Crippen molar-refractivity contribution in [3.8, 4) is 0 Å². The molecule has 0 bridgehead atoms. The second-order valence-corrected chi connectivity index (χ2v) is 7.63. The SMILES string of the molecule is OCCC(OCc1ccccc1)C(OCc1ccccc1)C(CO)OCc1ccccc1. The van der Waals surface area contributed by atoms with E-state index in [9.17, 15) is 10.2 Å². The quantitative estimate of drug-likeness (QED) is 0.398. The molecule has 5 heteroatoms. The number of ether oxygens (including phenoxy) is 3. The fourth-order valence-electron chi connectivity index (χ4n) is 3.50. The van der Waals surface area contributed by atoms with Crippen LogP contribution in [-0.2, 0) is 34.0 Å². The lowest BCUT2D eigenvalue weighted by Crippen LogP contribution is -2.45. The molecule has 2 N–H and O–H groups in total. The molecule has 0 radical (unpaired) electrons. The fraction of sp³-hybridized carbons (Fsp3) is 0.333. The highest BCUT2D eigenvalue weighted by molar-refractivity contribution is 5.15.